The van der Waals surface area contributed by atoms with Crippen molar-refractivity contribution in [3.63, 3.8) is 0 Å². The van der Waals surface area contributed by atoms with Crippen LogP contribution in [0.25, 0.3) is 0 Å². The molecule has 28 heavy (non-hydrogen) atoms. The number of unbranched alkanes of at least 4 members (excludes halogenated alkanes) is 1. The Bertz CT molecular complexity index is 667. The van der Waals surface area contributed by atoms with Gasteiger partial charge in [0.25, 0.3) is 5.69 Å². The van der Waals surface area contributed by atoms with E-state index in [2.05, 4.69) is 20.0 Å². The van der Waals surface area contributed by atoms with Crippen molar-refractivity contribution in [1.29, 1.82) is 0 Å². The normalized spacial score (nSPS) is 19.6. The summed E-state index contributed by atoms with van der Waals surface area (Å²) in [5.74, 6) is 0. The fourth-order valence-electron chi connectivity index (χ4n) is 3.41. The van der Waals surface area contributed by atoms with E-state index in [9.17, 15) is 20.0 Å². The van der Waals surface area contributed by atoms with Crippen LogP contribution in [-0.4, -0.2) is 54.6 Å². The lowest BCUT2D eigenvalue weighted by molar-refractivity contribution is -0.384. The third-order valence-corrected chi connectivity index (χ3v) is 7.48. The van der Waals surface area contributed by atoms with Gasteiger partial charge in [-0.15, -0.1) is 0 Å². The molecule has 1 N–H and O–H groups in total. The number of hydrogen-bond donors (Lipinski definition) is 1. The smallest absolute Gasteiger partial charge is 0.410 e. The van der Waals surface area contributed by atoms with Crippen LogP contribution < -0.4 is 0 Å². The molecule has 9 heteroatoms. The Kier molecular flexibility index (Phi) is 7.96. The highest BCUT2D eigenvalue weighted by atomic mass is 28.4. The van der Waals surface area contributed by atoms with E-state index in [-0.39, 0.29) is 31.0 Å². The molecule has 0 saturated carbocycles. The van der Waals surface area contributed by atoms with Crippen molar-refractivity contribution in [2.75, 3.05) is 13.2 Å². The van der Waals surface area contributed by atoms with Gasteiger partial charge in [-0.3, -0.25) is 10.1 Å². The summed E-state index contributed by atoms with van der Waals surface area (Å²) >= 11 is 0. The fraction of sp³-hybridized carbons (Fsp3) is 0.632. The van der Waals surface area contributed by atoms with Crippen LogP contribution in [0.4, 0.5) is 10.5 Å². The predicted molar refractivity (Wildman–Crippen MR) is 108 cm³/mol. The fourth-order valence-corrected chi connectivity index (χ4v) is 5.81. The van der Waals surface area contributed by atoms with Crippen molar-refractivity contribution in [2.24, 2.45) is 0 Å². The van der Waals surface area contributed by atoms with Gasteiger partial charge in [0.15, 0.2) is 8.32 Å². The molecule has 0 unspecified atom stereocenters. The second kappa shape index (κ2) is 9.99. The number of carbonyl (C=O) groups is 1. The Morgan fingerprint density at radius 1 is 1.36 bits per heavy atom. The number of non-ortho nitro benzene ring substituents is 1. The van der Waals surface area contributed by atoms with E-state index >= 15 is 0 Å². The van der Waals surface area contributed by atoms with Gasteiger partial charge >= 0.3 is 6.09 Å². The van der Waals surface area contributed by atoms with E-state index in [0.717, 1.165) is 18.9 Å². The van der Waals surface area contributed by atoms with Crippen LogP contribution in [0.5, 0.6) is 0 Å². The van der Waals surface area contributed by atoms with Gasteiger partial charge in [0.1, 0.15) is 6.61 Å². The number of rotatable bonds is 9. The van der Waals surface area contributed by atoms with Gasteiger partial charge in [-0.2, -0.15) is 0 Å². The molecule has 0 bridgehead atoms. The number of ether oxygens (including phenoxy) is 1. The Morgan fingerprint density at radius 2 is 2.04 bits per heavy atom. The van der Waals surface area contributed by atoms with Gasteiger partial charge in [0.2, 0.25) is 0 Å². The number of aliphatic hydroxyl groups is 1. The summed E-state index contributed by atoms with van der Waals surface area (Å²) in [5.41, 5.74) is 0.657. The zero-order valence-electron chi connectivity index (χ0n) is 16.8. The first-order valence-corrected chi connectivity index (χ1v) is 12.8. The van der Waals surface area contributed by atoms with Crippen LogP contribution in [0.1, 0.15) is 31.7 Å². The number of nitrogens with zero attached hydrogens (tertiary/aromatic N) is 2. The molecule has 1 heterocycles. The van der Waals surface area contributed by atoms with Crippen molar-refractivity contribution >= 4 is 20.1 Å². The van der Waals surface area contributed by atoms with Crippen LogP contribution in [-0.2, 0) is 15.8 Å². The Labute approximate surface area is 166 Å². The van der Waals surface area contributed by atoms with Crippen molar-refractivity contribution in [3.8, 4) is 0 Å². The number of nitro benzene ring substituents is 1. The topological polar surface area (TPSA) is 102 Å². The Morgan fingerprint density at radius 3 is 2.61 bits per heavy atom. The first-order chi connectivity index (χ1) is 13.3. The average molecular weight is 411 g/mol. The number of amides is 1. The number of benzene rings is 1. The Balaban J connectivity index is 1.90. The summed E-state index contributed by atoms with van der Waals surface area (Å²) in [4.78, 5) is 24.2. The lowest BCUT2D eigenvalue weighted by atomic mass is 10.2. The maximum absolute atomic E-state index is 12.5. The largest absolute Gasteiger partial charge is 0.445 e. The van der Waals surface area contributed by atoms with Gasteiger partial charge in [-0.05, 0) is 43.3 Å². The van der Waals surface area contributed by atoms with E-state index in [0.29, 0.717) is 18.5 Å². The number of aliphatic hydroxyl groups excluding tert-OH is 1. The molecule has 1 fully saturated rings. The highest BCUT2D eigenvalue weighted by Gasteiger charge is 2.39. The summed E-state index contributed by atoms with van der Waals surface area (Å²) in [6, 6.07) is 6.64. The molecule has 2 atom stereocenters. The highest BCUT2D eigenvalue weighted by Crippen LogP contribution is 2.26. The summed E-state index contributed by atoms with van der Waals surface area (Å²) in [5, 5.41) is 20.3. The van der Waals surface area contributed by atoms with Gasteiger partial charge < -0.3 is 19.2 Å². The number of hydrogen-bond acceptors (Lipinski definition) is 6. The molecule has 0 aliphatic carbocycles. The molecular formula is C19H30N2O6Si. The quantitative estimate of drug-likeness (QED) is 0.378. The summed E-state index contributed by atoms with van der Waals surface area (Å²) in [7, 11) is -1.80. The van der Waals surface area contributed by atoms with E-state index < -0.39 is 19.3 Å². The molecule has 0 radical (unpaired) electrons. The van der Waals surface area contributed by atoms with Crippen molar-refractivity contribution in [1.82, 2.24) is 4.90 Å². The average Bonchev–Trinajstić information content (AvgIpc) is 3.07. The molecule has 1 aromatic rings. The molecule has 1 saturated heterocycles. The molecule has 1 amide bonds. The zero-order chi connectivity index (χ0) is 20.7. The monoisotopic (exact) mass is 410 g/mol. The minimum absolute atomic E-state index is 0.00944. The van der Waals surface area contributed by atoms with Gasteiger partial charge in [0.05, 0.1) is 23.7 Å². The summed E-state index contributed by atoms with van der Waals surface area (Å²) < 4.78 is 11.7. The highest BCUT2D eigenvalue weighted by molar-refractivity contribution is 6.71. The van der Waals surface area contributed by atoms with Crippen LogP contribution in [0.3, 0.4) is 0 Å². The lowest BCUT2D eigenvalue weighted by Crippen LogP contribution is -2.39. The van der Waals surface area contributed by atoms with Crippen molar-refractivity contribution in [3.05, 3.63) is 39.9 Å². The number of nitro groups is 1. The molecule has 2 rings (SSSR count). The van der Waals surface area contributed by atoms with Gasteiger partial charge in [-0.1, -0.05) is 19.8 Å². The van der Waals surface area contributed by atoms with Crippen molar-refractivity contribution < 1.29 is 24.0 Å². The molecule has 1 aromatic carbocycles. The summed E-state index contributed by atoms with van der Waals surface area (Å²) in [6.45, 7) is 6.83. The third kappa shape index (κ3) is 6.28. The minimum atomic E-state index is -1.80. The molecular weight excluding hydrogens is 380 g/mol. The lowest BCUT2D eigenvalue weighted by Gasteiger charge is -2.27. The van der Waals surface area contributed by atoms with Gasteiger partial charge in [-0.25, -0.2) is 4.79 Å². The minimum Gasteiger partial charge on any atom is -0.445 e. The second-order valence-electron chi connectivity index (χ2n) is 7.81. The van der Waals surface area contributed by atoms with E-state index in [1.165, 1.54) is 17.0 Å². The molecule has 1 aliphatic heterocycles. The first kappa shape index (κ1) is 22.3. The third-order valence-electron chi connectivity index (χ3n) is 4.95. The van der Waals surface area contributed by atoms with E-state index in [4.69, 9.17) is 9.16 Å². The maximum atomic E-state index is 12.5. The summed E-state index contributed by atoms with van der Waals surface area (Å²) in [6.07, 6.45) is 2.28. The zero-order valence-corrected chi connectivity index (χ0v) is 17.8. The van der Waals surface area contributed by atoms with Crippen molar-refractivity contribution in [2.45, 2.75) is 64.1 Å². The van der Waals surface area contributed by atoms with Gasteiger partial charge in [0, 0.05) is 18.7 Å². The molecule has 1 aliphatic rings. The Hall–Kier alpha value is -1.97. The molecule has 0 aromatic heterocycles. The van der Waals surface area contributed by atoms with Crippen LogP contribution in [0.15, 0.2) is 24.3 Å². The molecule has 8 nitrogen and oxygen atoms in total. The predicted octanol–water partition coefficient (Wildman–Crippen LogP) is 3.69. The standard InChI is InChI=1S/C19H30N2O6Si/c1-4-5-10-28(2,3)27-18-11-17(13-22)20(12-18)19(23)26-14-15-6-8-16(9-7-15)21(24)25/h6-9,17-18,22H,4-5,10-14H2,1-3H3/t17-,18+/m0/s1. The number of likely N-dealkylation sites (tertiary alicyclic amines) is 1. The van der Waals surface area contributed by atoms with E-state index in [1.807, 2.05) is 0 Å². The second-order valence-corrected chi connectivity index (χ2v) is 12.1. The number of carbonyl (C=O) groups excluding carboxylic acids is 1. The van der Waals surface area contributed by atoms with Crippen LogP contribution >= 0.6 is 0 Å². The van der Waals surface area contributed by atoms with Crippen LogP contribution in [0.2, 0.25) is 19.1 Å². The molecule has 0 spiro atoms. The van der Waals surface area contributed by atoms with E-state index in [1.54, 1.807) is 12.1 Å². The van der Waals surface area contributed by atoms with Crippen LogP contribution in [0, 0.1) is 10.1 Å². The SMILES string of the molecule is CCCC[Si](C)(C)O[C@@H]1C[C@@H](CO)N(C(=O)OCc2ccc([N+](=O)[O-])cc2)C1. The maximum Gasteiger partial charge on any atom is 0.410 e. The molecule has 156 valence electrons. The first-order valence-electron chi connectivity index (χ1n) is 9.71.